The second kappa shape index (κ2) is 12.5. The molecule has 2 aromatic carbocycles. The highest BCUT2D eigenvalue weighted by molar-refractivity contribution is 6.31. The average molecular weight is 558 g/mol. The number of anilines is 2. The van der Waals surface area contributed by atoms with Crippen LogP contribution in [-0.2, 0) is 28.6 Å². The Labute approximate surface area is 232 Å². The number of carbonyl (C=O) groups excluding carboxylic acids is 4. The summed E-state index contributed by atoms with van der Waals surface area (Å²) in [5.41, 5.74) is 3.20. The van der Waals surface area contributed by atoms with E-state index in [2.05, 4.69) is 0 Å². The molecule has 3 aliphatic rings. The summed E-state index contributed by atoms with van der Waals surface area (Å²) in [6.07, 6.45) is 1.83. The molecule has 5 rings (SSSR count). The number of ether oxygens (including phenoxy) is 3. The molecule has 3 amide bonds. The van der Waals surface area contributed by atoms with Gasteiger partial charge in [-0.2, -0.15) is 0 Å². The van der Waals surface area contributed by atoms with Crippen molar-refractivity contribution < 1.29 is 33.4 Å². The number of methoxy groups -OCH3 is 1. The molecule has 2 aromatic rings. The fraction of sp³-hybridized carbons (Fsp3) is 0.429. The minimum atomic E-state index is -0.517. The normalized spacial score (nSPS) is 18.2. The maximum atomic E-state index is 12.4. The van der Waals surface area contributed by atoms with Crippen LogP contribution in [0.15, 0.2) is 42.5 Å². The van der Waals surface area contributed by atoms with Crippen LogP contribution >= 0.6 is 11.6 Å². The molecule has 39 heavy (non-hydrogen) atoms. The number of nitrogens with zero attached hydrogens (tertiary/aromatic N) is 3. The molecular formula is C28H32ClN3O7. The van der Waals surface area contributed by atoms with Gasteiger partial charge in [0.05, 0.1) is 18.8 Å². The molecule has 10 nitrogen and oxygen atoms in total. The zero-order chi connectivity index (χ0) is 28.1. The van der Waals surface area contributed by atoms with Gasteiger partial charge < -0.3 is 14.2 Å². The van der Waals surface area contributed by atoms with Gasteiger partial charge in [0.15, 0.2) is 0 Å². The maximum Gasteiger partial charge on any atom is 0.429 e. The molecule has 3 fully saturated rings. The number of aryl methyl sites for hydroxylation is 2. The lowest BCUT2D eigenvalue weighted by molar-refractivity contribution is -0.140. The Morgan fingerprint density at radius 3 is 2.26 bits per heavy atom. The van der Waals surface area contributed by atoms with E-state index in [1.807, 2.05) is 32.0 Å². The van der Waals surface area contributed by atoms with Gasteiger partial charge in [0.2, 0.25) is 5.91 Å². The Morgan fingerprint density at radius 2 is 1.72 bits per heavy atom. The number of hydrazine groups is 1. The molecule has 1 atom stereocenters. The second-order valence-corrected chi connectivity index (χ2v) is 9.99. The van der Waals surface area contributed by atoms with Crippen LogP contribution in [-0.4, -0.2) is 68.4 Å². The van der Waals surface area contributed by atoms with Crippen LogP contribution in [0.4, 0.5) is 16.2 Å². The van der Waals surface area contributed by atoms with Crippen molar-refractivity contribution in [3.63, 3.8) is 0 Å². The van der Waals surface area contributed by atoms with Gasteiger partial charge in [-0.15, -0.1) is 0 Å². The van der Waals surface area contributed by atoms with Crippen LogP contribution in [0.1, 0.15) is 30.4 Å². The molecule has 208 valence electrons. The van der Waals surface area contributed by atoms with Crippen molar-refractivity contribution in [2.24, 2.45) is 5.92 Å². The first kappa shape index (κ1) is 28.4. The molecule has 1 saturated carbocycles. The number of hydrogen-bond acceptors (Lipinski definition) is 7. The van der Waals surface area contributed by atoms with Gasteiger partial charge in [-0.1, -0.05) is 35.9 Å². The number of benzene rings is 2. The van der Waals surface area contributed by atoms with Gasteiger partial charge in [0.1, 0.15) is 19.3 Å². The molecular weight excluding hydrogens is 526 g/mol. The summed E-state index contributed by atoms with van der Waals surface area (Å²) in [4.78, 5) is 49.9. The minimum Gasteiger partial charge on any atom is -0.464 e. The zero-order valence-corrected chi connectivity index (χ0v) is 23.0. The summed E-state index contributed by atoms with van der Waals surface area (Å²) in [6.45, 7) is 4.70. The van der Waals surface area contributed by atoms with Crippen LogP contribution in [0, 0.1) is 19.8 Å². The van der Waals surface area contributed by atoms with Crippen molar-refractivity contribution in [3.05, 3.63) is 58.6 Å². The number of rotatable bonds is 7. The number of hydrogen-bond donors (Lipinski definition) is 0. The van der Waals surface area contributed by atoms with Crippen LogP contribution < -0.4 is 9.91 Å². The van der Waals surface area contributed by atoms with E-state index in [0.717, 1.165) is 24.0 Å². The third-order valence-corrected chi connectivity index (χ3v) is 6.84. The monoisotopic (exact) mass is 557 g/mol. The molecule has 1 unspecified atom stereocenters. The van der Waals surface area contributed by atoms with Gasteiger partial charge in [0, 0.05) is 30.2 Å². The summed E-state index contributed by atoms with van der Waals surface area (Å²) in [5, 5.41) is 3.23. The maximum absolute atomic E-state index is 12.4. The summed E-state index contributed by atoms with van der Waals surface area (Å²) in [6, 6.07) is 12.3. The van der Waals surface area contributed by atoms with Crippen LogP contribution in [0.5, 0.6) is 0 Å². The topological polar surface area (TPSA) is 106 Å². The summed E-state index contributed by atoms with van der Waals surface area (Å²) in [7, 11) is 1.45. The van der Waals surface area contributed by atoms with E-state index in [1.165, 1.54) is 17.1 Å². The van der Waals surface area contributed by atoms with E-state index in [9.17, 15) is 19.2 Å². The fourth-order valence-electron chi connectivity index (χ4n) is 4.60. The molecule has 11 heteroatoms. The van der Waals surface area contributed by atoms with Crippen molar-refractivity contribution in [1.29, 1.82) is 0 Å². The van der Waals surface area contributed by atoms with Crippen molar-refractivity contribution in [3.8, 4) is 0 Å². The minimum absolute atomic E-state index is 0.00566. The Morgan fingerprint density at radius 1 is 1.03 bits per heavy atom. The smallest absolute Gasteiger partial charge is 0.429 e. The average Bonchev–Trinajstić information content (AvgIpc) is 3.55. The van der Waals surface area contributed by atoms with Gasteiger partial charge in [-0.3, -0.25) is 14.5 Å². The molecule has 0 bridgehead atoms. The predicted octanol–water partition coefficient (Wildman–Crippen LogP) is 4.05. The Balaban J connectivity index is 0.000000181. The molecule has 2 aliphatic heterocycles. The first-order valence-electron chi connectivity index (χ1n) is 12.8. The molecule has 0 N–H and O–H groups in total. The van der Waals surface area contributed by atoms with Gasteiger partial charge >= 0.3 is 12.1 Å². The van der Waals surface area contributed by atoms with E-state index in [4.69, 9.17) is 25.8 Å². The number of carbonyl (C=O) groups is 4. The number of cyclic esters (lactones) is 2. The first-order valence-corrected chi connectivity index (χ1v) is 13.2. The molecule has 1 aliphatic carbocycles. The lowest BCUT2D eigenvalue weighted by Gasteiger charge is -2.31. The zero-order valence-electron chi connectivity index (χ0n) is 22.2. The highest BCUT2D eigenvalue weighted by Crippen LogP contribution is 2.35. The van der Waals surface area contributed by atoms with E-state index >= 15 is 0 Å². The fourth-order valence-corrected chi connectivity index (χ4v) is 4.79. The van der Waals surface area contributed by atoms with Crippen LogP contribution in [0.25, 0.3) is 0 Å². The summed E-state index contributed by atoms with van der Waals surface area (Å²) < 4.78 is 14.8. The van der Waals surface area contributed by atoms with E-state index < -0.39 is 12.1 Å². The molecule has 0 radical (unpaired) electrons. The quantitative estimate of drug-likeness (QED) is 0.473. The highest BCUT2D eigenvalue weighted by atomic mass is 35.5. The first-order chi connectivity index (χ1) is 18.7. The van der Waals surface area contributed by atoms with Crippen molar-refractivity contribution in [1.82, 2.24) is 5.01 Å². The lowest BCUT2D eigenvalue weighted by atomic mass is 10.1. The van der Waals surface area contributed by atoms with Crippen LogP contribution in [0.3, 0.4) is 0 Å². The van der Waals surface area contributed by atoms with Gasteiger partial charge in [-0.25, -0.2) is 19.6 Å². The SMILES string of the molecule is COCC(=O)N(c1c(C)cccc1C)N1CCOC1=O.O=C1OCCC1N(C(=O)C1CC1)c1cccc(Cl)c1. The summed E-state index contributed by atoms with van der Waals surface area (Å²) in [5.74, 6) is -0.573. The number of esters is 1. The van der Waals surface area contributed by atoms with Crippen molar-refractivity contribution >= 4 is 46.9 Å². The molecule has 0 spiro atoms. The third-order valence-electron chi connectivity index (χ3n) is 6.61. The van der Waals surface area contributed by atoms with Crippen molar-refractivity contribution in [2.45, 2.75) is 39.2 Å². The molecule has 2 saturated heterocycles. The summed E-state index contributed by atoms with van der Waals surface area (Å²) >= 11 is 5.98. The van der Waals surface area contributed by atoms with E-state index in [1.54, 1.807) is 29.2 Å². The number of amides is 3. The third kappa shape index (κ3) is 6.51. The Kier molecular flexibility index (Phi) is 9.08. The highest BCUT2D eigenvalue weighted by Gasteiger charge is 2.42. The second-order valence-electron chi connectivity index (χ2n) is 9.55. The molecule has 0 aromatic heterocycles. The van der Waals surface area contributed by atoms with E-state index in [-0.39, 0.29) is 36.9 Å². The van der Waals surface area contributed by atoms with Crippen LogP contribution in [0.2, 0.25) is 5.02 Å². The van der Waals surface area contributed by atoms with Gasteiger partial charge in [-0.05, 0) is 56.0 Å². The van der Waals surface area contributed by atoms with Crippen molar-refractivity contribution in [2.75, 3.05) is 43.4 Å². The Bertz CT molecular complexity index is 1230. The lowest BCUT2D eigenvalue weighted by Crippen LogP contribution is -2.49. The van der Waals surface area contributed by atoms with Gasteiger partial charge in [0.25, 0.3) is 5.91 Å². The largest absolute Gasteiger partial charge is 0.464 e. The molecule has 2 heterocycles. The predicted molar refractivity (Wildman–Crippen MR) is 144 cm³/mol. The number of para-hydroxylation sites is 1. The van der Waals surface area contributed by atoms with E-state index in [0.29, 0.717) is 36.0 Å². The number of halogens is 1. The standard InChI is InChI=1S/C14H14ClNO3.C14H18N2O4/c15-10-2-1-3-11(8-10)16(13(17)9-4-5-9)12-6-7-19-14(12)18;1-10-5-4-6-11(2)13(10)16(12(17)9-19-3)15-7-8-20-14(15)18/h1-3,8-9,12H,4-7H2;4-6H,7-9H2,1-3H3. The Hall–Kier alpha value is -3.63.